The number of aryl methyl sites for hydroxylation is 4. The molecule has 3 aromatic rings. The van der Waals surface area contributed by atoms with E-state index in [-0.39, 0.29) is 24.1 Å². The lowest BCUT2D eigenvalue weighted by atomic mass is 10.1. The van der Waals surface area contributed by atoms with Crippen molar-refractivity contribution < 1.29 is 21.9 Å². The summed E-state index contributed by atoms with van der Waals surface area (Å²) >= 11 is 1.40. The number of hydrogen-bond acceptors (Lipinski definition) is 4. The molecule has 0 radical (unpaired) electrons. The van der Waals surface area contributed by atoms with Gasteiger partial charge in [-0.25, -0.2) is 0 Å². The summed E-state index contributed by atoms with van der Waals surface area (Å²) in [6, 6.07) is 20.3. The van der Waals surface area contributed by atoms with Gasteiger partial charge in [0.1, 0.15) is 5.75 Å². The molecule has 7 heteroatoms. The number of carbonyl (C=O) groups excluding carboxylic acids is 1. The molecule has 186 valence electrons. The van der Waals surface area contributed by atoms with Crippen LogP contribution < -0.4 is 27.8 Å². The second-order valence-corrected chi connectivity index (χ2v) is 9.22. The van der Waals surface area contributed by atoms with Crippen molar-refractivity contribution in [3.8, 4) is 5.75 Å². The van der Waals surface area contributed by atoms with E-state index < -0.39 is 0 Å². The zero-order chi connectivity index (χ0) is 24.5. The Balaban J connectivity index is 0.00000432. The first kappa shape index (κ1) is 28.3. The normalized spacial score (nSPS) is 10.9. The summed E-state index contributed by atoms with van der Waals surface area (Å²) in [5, 5.41) is 7.15. The highest BCUT2D eigenvalue weighted by molar-refractivity contribution is 8.14. The van der Waals surface area contributed by atoms with Gasteiger partial charge >= 0.3 is 0 Å². The molecule has 5 nitrogen and oxygen atoms in total. The van der Waals surface area contributed by atoms with Gasteiger partial charge in [0.2, 0.25) is 5.91 Å². The molecule has 0 unspecified atom stereocenters. The van der Waals surface area contributed by atoms with Crippen molar-refractivity contribution >= 4 is 34.2 Å². The maximum absolute atomic E-state index is 12.8. The first-order chi connectivity index (χ1) is 16.4. The monoisotopic (exact) mass is 510 g/mol. The van der Waals surface area contributed by atoms with E-state index >= 15 is 0 Å². The van der Waals surface area contributed by atoms with Crippen LogP contribution in [0, 0.1) is 20.8 Å². The van der Waals surface area contributed by atoms with E-state index in [4.69, 9.17) is 9.73 Å². The number of anilines is 2. The summed E-state index contributed by atoms with van der Waals surface area (Å²) in [4.78, 5) is 17.5. The van der Waals surface area contributed by atoms with Crippen LogP contribution >= 0.6 is 11.8 Å². The van der Waals surface area contributed by atoms with Gasteiger partial charge < -0.3 is 27.8 Å². The number of benzene rings is 3. The summed E-state index contributed by atoms with van der Waals surface area (Å²) in [5.74, 6) is 1.02. The van der Waals surface area contributed by atoms with Crippen LogP contribution in [0.4, 0.5) is 11.4 Å². The molecule has 0 aliphatic rings. The van der Waals surface area contributed by atoms with E-state index in [0.717, 1.165) is 40.2 Å². The zero-order valence-corrected chi connectivity index (χ0v) is 22.5. The molecule has 0 spiro atoms. The highest BCUT2D eigenvalue weighted by atomic mass is 35.5. The molecule has 0 saturated heterocycles. The van der Waals surface area contributed by atoms with Crippen molar-refractivity contribution in [2.75, 3.05) is 23.5 Å². The smallest absolute Gasteiger partial charge is 0.234 e. The zero-order valence-electron chi connectivity index (χ0n) is 20.9. The van der Waals surface area contributed by atoms with E-state index in [0.29, 0.717) is 11.7 Å². The van der Waals surface area contributed by atoms with Gasteiger partial charge in [-0.3, -0.25) is 9.79 Å². The third-order valence-corrected chi connectivity index (χ3v) is 6.37. The molecule has 0 aliphatic carbocycles. The Kier molecular flexibility index (Phi) is 11.2. The van der Waals surface area contributed by atoms with Gasteiger partial charge in [0, 0.05) is 11.4 Å². The van der Waals surface area contributed by atoms with E-state index in [9.17, 15) is 4.79 Å². The number of hydrogen-bond donors (Lipinski definition) is 2. The molecule has 2 N–H and O–H groups in total. The number of methoxy groups -OCH3 is 1. The fraction of sp³-hybridized carbons (Fsp3) is 0.286. The van der Waals surface area contributed by atoms with Crippen LogP contribution in [0.3, 0.4) is 0 Å². The lowest BCUT2D eigenvalue weighted by Crippen LogP contribution is -3.00. The summed E-state index contributed by atoms with van der Waals surface area (Å²) in [6.45, 7) is 8.74. The molecule has 0 fully saturated rings. The third-order valence-electron chi connectivity index (χ3n) is 5.46. The number of thioether (sulfide) groups is 1. The molecule has 0 heterocycles. The lowest BCUT2D eigenvalue weighted by molar-refractivity contribution is -0.113. The topological polar surface area (TPSA) is 62.7 Å². The predicted octanol–water partition coefficient (Wildman–Crippen LogP) is 3.53. The molecule has 0 saturated carbocycles. The van der Waals surface area contributed by atoms with E-state index in [2.05, 4.69) is 48.7 Å². The van der Waals surface area contributed by atoms with Gasteiger partial charge in [-0.15, -0.1) is 0 Å². The quantitative estimate of drug-likeness (QED) is 0.359. The van der Waals surface area contributed by atoms with Gasteiger partial charge in [0.15, 0.2) is 5.17 Å². The van der Waals surface area contributed by atoms with E-state index in [1.807, 2.05) is 50.2 Å². The average molecular weight is 511 g/mol. The molecule has 0 atom stereocenters. The highest BCUT2D eigenvalue weighted by Gasteiger charge is 2.11. The van der Waals surface area contributed by atoms with Crippen LogP contribution in [0.5, 0.6) is 5.75 Å². The Labute approximate surface area is 219 Å². The first-order valence-electron chi connectivity index (χ1n) is 11.4. The lowest BCUT2D eigenvalue weighted by Gasteiger charge is -2.14. The number of nitrogens with one attached hydrogen (secondary N) is 2. The van der Waals surface area contributed by atoms with Crippen LogP contribution in [0.1, 0.15) is 34.7 Å². The first-order valence-corrected chi connectivity index (χ1v) is 12.4. The summed E-state index contributed by atoms with van der Waals surface area (Å²) < 4.78 is 5.23. The van der Waals surface area contributed by atoms with E-state index in [1.165, 1.54) is 22.9 Å². The standard InChI is InChI=1S/C28H33N3O2S.ClH/c1-6-22-7-11-24(12-8-22)30-28(29-17-23-9-13-25(33-5)14-10-23)34-18-26(32)31-27-20(3)15-19(2)16-21(27)4;/h7-16H,6,17-18H2,1-5H3,(H,29,30)(H,31,32);1H/p-1. The SMILES string of the molecule is CCc1ccc(NC(=NCc2ccc(OC)cc2)SCC(=O)Nc2c(C)cc(C)cc2C)cc1.[Cl-]. The number of nitrogens with zero attached hydrogens (tertiary/aromatic N) is 1. The fourth-order valence-electron chi connectivity index (χ4n) is 3.65. The van der Waals surface area contributed by atoms with Crippen molar-refractivity contribution in [1.29, 1.82) is 0 Å². The molecule has 0 bridgehead atoms. The average Bonchev–Trinajstić information content (AvgIpc) is 2.83. The molecule has 0 aliphatic heterocycles. The predicted molar refractivity (Wildman–Crippen MR) is 145 cm³/mol. The minimum absolute atomic E-state index is 0. The van der Waals surface area contributed by atoms with Crippen LogP contribution in [0.15, 0.2) is 65.7 Å². The highest BCUT2D eigenvalue weighted by Crippen LogP contribution is 2.23. The summed E-state index contributed by atoms with van der Waals surface area (Å²) in [6.07, 6.45) is 0.992. The van der Waals surface area contributed by atoms with Crippen molar-refractivity contribution in [1.82, 2.24) is 0 Å². The molecular formula is C28H33ClN3O2S-. The molecule has 0 aromatic heterocycles. The number of carbonyl (C=O) groups is 1. The Bertz CT molecular complexity index is 1120. The van der Waals surface area contributed by atoms with Crippen molar-refractivity contribution in [2.24, 2.45) is 4.99 Å². The van der Waals surface area contributed by atoms with Crippen LogP contribution in [-0.4, -0.2) is 23.9 Å². The van der Waals surface area contributed by atoms with Gasteiger partial charge in [-0.05, 0) is 73.7 Å². The molecule has 3 rings (SSSR count). The number of amides is 1. The largest absolute Gasteiger partial charge is 1.00 e. The number of halogens is 1. The summed E-state index contributed by atoms with van der Waals surface area (Å²) in [5.41, 5.74) is 7.50. The van der Waals surface area contributed by atoms with Crippen LogP contribution in [0.2, 0.25) is 0 Å². The van der Waals surface area contributed by atoms with Crippen molar-refractivity contribution in [3.05, 3.63) is 88.5 Å². The Morgan fingerprint density at radius 1 is 0.914 bits per heavy atom. The summed E-state index contributed by atoms with van der Waals surface area (Å²) in [7, 11) is 1.65. The number of amidine groups is 1. The molecular weight excluding hydrogens is 478 g/mol. The van der Waals surface area contributed by atoms with Crippen molar-refractivity contribution in [2.45, 2.75) is 40.7 Å². The Morgan fingerprint density at radius 3 is 2.09 bits per heavy atom. The van der Waals surface area contributed by atoms with Gasteiger partial charge in [-0.1, -0.05) is 60.6 Å². The second kappa shape index (κ2) is 13.8. The number of ether oxygens (including phenoxy) is 1. The molecule has 3 aromatic carbocycles. The maximum atomic E-state index is 12.8. The van der Waals surface area contributed by atoms with Crippen LogP contribution in [0.25, 0.3) is 0 Å². The fourth-order valence-corrected chi connectivity index (χ4v) is 4.33. The van der Waals surface area contributed by atoms with Gasteiger partial charge in [0.25, 0.3) is 0 Å². The van der Waals surface area contributed by atoms with Crippen molar-refractivity contribution in [3.63, 3.8) is 0 Å². The minimum atomic E-state index is -0.0552. The maximum Gasteiger partial charge on any atom is 0.234 e. The Hall–Kier alpha value is -2.96. The van der Waals surface area contributed by atoms with Crippen LogP contribution in [-0.2, 0) is 17.8 Å². The molecule has 1 amide bonds. The minimum Gasteiger partial charge on any atom is -1.00 e. The van der Waals surface area contributed by atoms with Gasteiger partial charge in [-0.2, -0.15) is 0 Å². The van der Waals surface area contributed by atoms with Gasteiger partial charge in [0.05, 0.1) is 19.4 Å². The number of rotatable bonds is 8. The van der Waals surface area contributed by atoms with E-state index in [1.54, 1.807) is 7.11 Å². The second-order valence-electron chi connectivity index (χ2n) is 8.26. The Morgan fingerprint density at radius 2 is 1.51 bits per heavy atom. The molecule has 35 heavy (non-hydrogen) atoms. The third kappa shape index (κ3) is 8.64. The number of aliphatic imine (C=N–C) groups is 1.